The maximum absolute atomic E-state index is 12.0. The molecule has 2 aromatic rings. The maximum Gasteiger partial charge on any atom is 0.248 e. The zero-order valence-corrected chi connectivity index (χ0v) is 13.1. The van der Waals surface area contributed by atoms with Crippen LogP contribution in [0.5, 0.6) is 11.5 Å². The van der Waals surface area contributed by atoms with Crippen LogP contribution in [0.3, 0.4) is 0 Å². The fourth-order valence-corrected chi connectivity index (χ4v) is 2.22. The molecule has 0 unspecified atom stereocenters. The van der Waals surface area contributed by atoms with Crippen molar-refractivity contribution in [3.05, 3.63) is 54.1 Å². The Labute approximate surface area is 135 Å². The predicted molar refractivity (Wildman–Crippen MR) is 91.0 cm³/mol. The van der Waals surface area contributed by atoms with Gasteiger partial charge in [-0.3, -0.25) is 4.79 Å². The Hall–Kier alpha value is -2.95. The Morgan fingerprint density at radius 3 is 2.57 bits per heavy atom. The summed E-state index contributed by atoms with van der Waals surface area (Å²) in [6, 6.07) is 13.2. The highest BCUT2D eigenvalue weighted by Gasteiger charge is 2.12. The van der Waals surface area contributed by atoms with Gasteiger partial charge in [-0.15, -0.1) is 0 Å². The minimum atomic E-state index is -0.180. The summed E-state index contributed by atoms with van der Waals surface area (Å²) in [5.41, 5.74) is 2.72. The van der Waals surface area contributed by atoms with Gasteiger partial charge in [-0.2, -0.15) is 0 Å². The van der Waals surface area contributed by atoms with Crippen LogP contribution in [0, 0.1) is 0 Å². The van der Waals surface area contributed by atoms with Crippen LogP contribution in [0.4, 0.5) is 11.4 Å². The number of benzene rings is 2. The van der Waals surface area contributed by atoms with Gasteiger partial charge in [0.1, 0.15) is 0 Å². The summed E-state index contributed by atoms with van der Waals surface area (Å²) >= 11 is 0. The van der Waals surface area contributed by atoms with Crippen molar-refractivity contribution >= 4 is 23.4 Å². The summed E-state index contributed by atoms with van der Waals surface area (Å²) in [5, 5.41) is 2.83. The van der Waals surface area contributed by atoms with Crippen molar-refractivity contribution in [3.8, 4) is 11.5 Å². The molecule has 1 aliphatic rings. The van der Waals surface area contributed by atoms with E-state index in [-0.39, 0.29) is 12.7 Å². The molecule has 0 radical (unpaired) electrons. The summed E-state index contributed by atoms with van der Waals surface area (Å²) in [7, 11) is 3.95. The molecule has 118 valence electrons. The smallest absolute Gasteiger partial charge is 0.248 e. The van der Waals surface area contributed by atoms with Crippen LogP contribution in [0.15, 0.2) is 48.5 Å². The van der Waals surface area contributed by atoms with E-state index in [2.05, 4.69) is 5.32 Å². The van der Waals surface area contributed by atoms with Crippen molar-refractivity contribution in [2.75, 3.05) is 31.1 Å². The van der Waals surface area contributed by atoms with Crippen molar-refractivity contribution in [3.63, 3.8) is 0 Å². The number of hydrogen-bond donors (Lipinski definition) is 1. The Morgan fingerprint density at radius 2 is 1.83 bits per heavy atom. The predicted octanol–water partition coefficient (Wildman–Crippen LogP) is 3.13. The summed E-state index contributed by atoms with van der Waals surface area (Å²) in [4.78, 5) is 14.0. The fraction of sp³-hybridized carbons (Fsp3) is 0.167. The van der Waals surface area contributed by atoms with Gasteiger partial charge in [0.25, 0.3) is 0 Å². The van der Waals surface area contributed by atoms with Crippen LogP contribution in [0.1, 0.15) is 5.56 Å². The second kappa shape index (κ2) is 6.44. The standard InChI is InChI=1S/C18H18N2O3/c1-20(2)15-7-5-14(6-8-15)19-18(21)10-4-13-3-9-16-17(11-13)23-12-22-16/h3-11H,12H2,1-2H3,(H,19,21)/b10-4+. The fourth-order valence-electron chi connectivity index (χ4n) is 2.22. The van der Waals surface area contributed by atoms with Crippen LogP contribution in [0.2, 0.25) is 0 Å². The van der Waals surface area contributed by atoms with Crippen molar-refractivity contribution < 1.29 is 14.3 Å². The molecule has 0 aromatic heterocycles. The molecule has 1 amide bonds. The van der Waals surface area contributed by atoms with E-state index in [1.807, 2.05) is 61.5 Å². The third-order valence-electron chi connectivity index (χ3n) is 3.48. The lowest BCUT2D eigenvalue weighted by Crippen LogP contribution is -2.10. The van der Waals surface area contributed by atoms with E-state index in [0.717, 1.165) is 22.7 Å². The monoisotopic (exact) mass is 310 g/mol. The lowest BCUT2D eigenvalue weighted by molar-refractivity contribution is -0.111. The molecule has 0 atom stereocenters. The van der Waals surface area contributed by atoms with E-state index >= 15 is 0 Å². The summed E-state index contributed by atoms with van der Waals surface area (Å²) in [5.74, 6) is 1.25. The van der Waals surface area contributed by atoms with Crippen LogP contribution < -0.4 is 19.7 Å². The van der Waals surface area contributed by atoms with Crippen molar-refractivity contribution in [2.45, 2.75) is 0 Å². The third kappa shape index (κ3) is 3.63. The quantitative estimate of drug-likeness (QED) is 0.882. The molecule has 1 N–H and O–H groups in total. The first-order valence-electron chi connectivity index (χ1n) is 7.28. The van der Waals surface area contributed by atoms with E-state index in [1.165, 1.54) is 6.08 Å². The SMILES string of the molecule is CN(C)c1ccc(NC(=O)/C=C/c2ccc3c(c2)OCO3)cc1. The maximum atomic E-state index is 12.0. The lowest BCUT2D eigenvalue weighted by Gasteiger charge is -2.12. The summed E-state index contributed by atoms with van der Waals surface area (Å²) in [6.07, 6.45) is 3.24. The second-order valence-corrected chi connectivity index (χ2v) is 5.38. The number of carbonyl (C=O) groups excluding carboxylic acids is 1. The number of anilines is 2. The zero-order valence-electron chi connectivity index (χ0n) is 13.1. The summed E-state index contributed by atoms with van der Waals surface area (Å²) in [6.45, 7) is 0.242. The minimum absolute atomic E-state index is 0.180. The highest BCUT2D eigenvalue weighted by atomic mass is 16.7. The first-order chi connectivity index (χ1) is 11.1. The Bertz CT molecular complexity index is 736. The van der Waals surface area contributed by atoms with Gasteiger partial charge in [-0.25, -0.2) is 0 Å². The number of rotatable bonds is 4. The van der Waals surface area contributed by atoms with Crippen LogP contribution in [-0.2, 0) is 4.79 Å². The normalized spacial score (nSPS) is 12.4. The first-order valence-corrected chi connectivity index (χ1v) is 7.28. The molecule has 3 rings (SSSR count). The molecule has 0 bridgehead atoms. The largest absolute Gasteiger partial charge is 0.454 e. The van der Waals surface area contributed by atoms with E-state index in [1.54, 1.807) is 6.08 Å². The zero-order chi connectivity index (χ0) is 16.2. The van der Waals surface area contributed by atoms with Gasteiger partial charge >= 0.3 is 0 Å². The molecule has 2 aromatic carbocycles. The summed E-state index contributed by atoms with van der Waals surface area (Å²) < 4.78 is 10.6. The Morgan fingerprint density at radius 1 is 1.09 bits per heavy atom. The Kier molecular flexibility index (Phi) is 4.19. The number of amides is 1. The number of carbonyl (C=O) groups is 1. The van der Waals surface area contributed by atoms with Gasteiger partial charge in [0.15, 0.2) is 11.5 Å². The molecule has 1 aliphatic heterocycles. The molecule has 5 nitrogen and oxygen atoms in total. The Balaban J connectivity index is 1.62. The van der Waals surface area contributed by atoms with Crippen LogP contribution >= 0.6 is 0 Å². The minimum Gasteiger partial charge on any atom is -0.454 e. The van der Waals surface area contributed by atoms with Crippen LogP contribution in [0.25, 0.3) is 6.08 Å². The molecule has 0 spiro atoms. The molecule has 0 saturated heterocycles. The van der Waals surface area contributed by atoms with E-state index < -0.39 is 0 Å². The van der Waals surface area contributed by atoms with Gasteiger partial charge in [-0.1, -0.05) is 6.07 Å². The van der Waals surface area contributed by atoms with Gasteiger partial charge in [-0.05, 0) is 48.0 Å². The number of fused-ring (bicyclic) bond motifs is 1. The highest BCUT2D eigenvalue weighted by Crippen LogP contribution is 2.32. The second-order valence-electron chi connectivity index (χ2n) is 5.38. The molecule has 1 heterocycles. The van der Waals surface area contributed by atoms with Crippen molar-refractivity contribution in [1.29, 1.82) is 0 Å². The van der Waals surface area contributed by atoms with E-state index in [9.17, 15) is 4.79 Å². The lowest BCUT2D eigenvalue weighted by atomic mass is 10.2. The van der Waals surface area contributed by atoms with Gasteiger partial charge in [0.05, 0.1) is 0 Å². The topological polar surface area (TPSA) is 50.8 Å². The van der Waals surface area contributed by atoms with Crippen LogP contribution in [-0.4, -0.2) is 26.8 Å². The average molecular weight is 310 g/mol. The molecular formula is C18H18N2O3. The number of hydrogen-bond acceptors (Lipinski definition) is 4. The highest BCUT2D eigenvalue weighted by molar-refractivity contribution is 6.02. The van der Waals surface area contributed by atoms with Gasteiger partial charge < -0.3 is 19.7 Å². The van der Waals surface area contributed by atoms with Gasteiger partial charge in [0.2, 0.25) is 12.7 Å². The van der Waals surface area contributed by atoms with Crippen molar-refractivity contribution in [2.24, 2.45) is 0 Å². The molecule has 5 heteroatoms. The number of ether oxygens (including phenoxy) is 2. The van der Waals surface area contributed by atoms with E-state index in [4.69, 9.17) is 9.47 Å². The molecule has 0 aliphatic carbocycles. The average Bonchev–Trinajstić information content (AvgIpc) is 3.01. The molecule has 0 saturated carbocycles. The molecule has 23 heavy (non-hydrogen) atoms. The van der Waals surface area contributed by atoms with Crippen molar-refractivity contribution in [1.82, 2.24) is 0 Å². The molecular weight excluding hydrogens is 292 g/mol. The molecule has 0 fully saturated rings. The third-order valence-corrected chi connectivity index (χ3v) is 3.48. The number of nitrogens with one attached hydrogen (secondary N) is 1. The number of nitrogens with zero attached hydrogens (tertiary/aromatic N) is 1. The van der Waals surface area contributed by atoms with Gasteiger partial charge in [0, 0.05) is 31.5 Å². The van der Waals surface area contributed by atoms with E-state index in [0.29, 0.717) is 5.75 Å². The first kappa shape index (κ1) is 15.0.